The lowest BCUT2D eigenvalue weighted by molar-refractivity contribution is 0.0786. The Kier molecular flexibility index (Phi) is 5.97. The molecule has 124 valence electrons. The van der Waals surface area contributed by atoms with Crippen LogP contribution in [0.25, 0.3) is 10.6 Å². The number of hydrogen-bond donors (Lipinski definition) is 1. The fourth-order valence-electron chi connectivity index (χ4n) is 3.18. The highest BCUT2D eigenvalue weighted by atomic mass is 35.5. The molecule has 2 fully saturated rings. The molecule has 0 aliphatic carbocycles. The monoisotopic (exact) mass is 372 g/mol. The van der Waals surface area contributed by atoms with Gasteiger partial charge in [0.05, 0.1) is 6.20 Å². The minimum absolute atomic E-state index is 0. The first kappa shape index (κ1) is 18.1. The molecule has 0 bridgehead atoms. The summed E-state index contributed by atoms with van der Waals surface area (Å²) in [5.74, 6) is 1.38. The topological polar surface area (TPSA) is 58.1 Å². The van der Waals surface area contributed by atoms with Crippen molar-refractivity contribution in [1.82, 2.24) is 20.2 Å². The third kappa shape index (κ3) is 3.50. The molecule has 4 rings (SSSR count). The second kappa shape index (κ2) is 7.57. The van der Waals surface area contributed by atoms with Crippen molar-refractivity contribution in [2.75, 3.05) is 26.2 Å². The maximum absolute atomic E-state index is 12.6. The fraction of sp³-hybridized carbons (Fsp3) is 0.400. The van der Waals surface area contributed by atoms with Crippen LogP contribution in [-0.4, -0.2) is 47.0 Å². The number of halogens is 2. The third-order valence-corrected chi connectivity index (χ3v) is 5.35. The molecule has 2 aromatic rings. The van der Waals surface area contributed by atoms with Crippen LogP contribution in [0.4, 0.5) is 0 Å². The Morgan fingerprint density at radius 2 is 1.83 bits per heavy atom. The highest BCUT2D eigenvalue weighted by Crippen LogP contribution is 2.30. The van der Waals surface area contributed by atoms with Crippen LogP contribution in [0.15, 0.2) is 30.7 Å². The third-order valence-electron chi connectivity index (χ3n) is 4.32. The van der Waals surface area contributed by atoms with Crippen LogP contribution in [0, 0.1) is 11.8 Å². The summed E-state index contributed by atoms with van der Waals surface area (Å²) in [7, 11) is 0. The summed E-state index contributed by atoms with van der Waals surface area (Å²) in [6.45, 7) is 3.83. The van der Waals surface area contributed by atoms with E-state index < -0.39 is 0 Å². The van der Waals surface area contributed by atoms with E-state index in [0.717, 1.165) is 41.6 Å². The van der Waals surface area contributed by atoms with Crippen LogP contribution in [0.3, 0.4) is 0 Å². The van der Waals surface area contributed by atoms with Crippen LogP contribution >= 0.6 is 36.2 Å². The first-order valence-electron chi connectivity index (χ1n) is 7.17. The summed E-state index contributed by atoms with van der Waals surface area (Å²) in [6, 6.07) is 3.83. The molecular formula is C15H18Cl2N4OS. The molecule has 0 aromatic carbocycles. The Hall–Kier alpha value is -1.21. The molecule has 4 heterocycles. The minimum Gasteiger partial charge on any atom is -0.337 e. The first-order valence-corrected chi connectivity index (χ1v) is 7.99. The standard InChI is InChI=1S/C15H16N4OS.2ClH/c20-15(19-8-11-5-17-6-12(11)9-19)13-7-18-14(21-13)10-1-3-16-4-2-10;;/h1-4,7,11-12,17H,5-6,8-9H2;2*1H/t11-,12+;;. The molecule has 2 aromatic heterocycles. The Bertz CT molecular complexity index is 655. The normalized spacial score (nSPS) is 22.2. The van der Waals surface area contributed by atoms with E-state index in [4.69, 9.17) is 0 Å². The molecule has 8 heteroatoms. The van der Waals surface area contributed by atoms with Gasteiger partial charge in [0, 0.05) is 44.1 Å². The summed E-state index contributed by atoms with van der Waals surface area (Å²) >= 11 is 1.46. The predicted molar refractivity (Wildman–Crippen MR) is 95.6 cm³/mol. The smallest absolute Gasteiger partial charge is 0.265 e. The molecule has 2 aliphatic rings. The Morgan fingerprint density at radius 3 is 2.48 bits per heavy atom. The van der Waals surface area contributed by atoms with Crippen molar-refractivity contribution < 1.29 is 4.79 Å². The van der Waals surface area contributed by atoms with E-state index >= 15 is 0 Å². The summed E-state index contributed by atoms with van der Waals surface area (Å²) in [6.07, 6.45) is 5.19. The fourth-order valence-corrected chi connectivity index (χ4v) is 4.07. The summed E-state index contributed by atoms with van der Waals surface area (Å²) in [4.78, 5) is 23.7. The van der Waals surface area contributed by atoms with Crippen LogP contribution in [-0.2, 0) is 0 Å². The number of carbonyl (C=O) groups excluding carboxylic acids is 1. The van der Waals surface area contributed by atoms with Crippen LogP contribution in [0.5, 0.6) is 0 Å². The van der Waals surface area contributed by atoms with Gasteiger partial charge in [-0.1, -0.05) is 0 Å². The lowest BCUT2D eigenvalue weighted by Gasteiger charge is -2.15. The number of nitrogens with zero attached hydrogens (tertiary/aromatic N) is 3. The minimum atomic E-state index is 0. The maximum atomic E-state index is 12.6. The molecule has 1 N–H and O–H groups in total. The molecule has 23 heavy (non-hydrogen) atoms. The number of amides is 1. The zero-order valence-corrected chi connectivity index (χ0v) is 14.8. The van der Waals surface area contributed by atoms with Gasteiger partial charge in [-0.2, -0.15) is 0 Å². The molecule has 2 saturated heterocycles. The van der Waals surface area contributed by atoms with Gasteiger partial charge in [-0.3, -0.25) is 9.78 Å². The van der Waals surface area contributed by atoms with Gasteiger partial charge in [0.2, 0.25) is 0 Å². The molecule has 2 aliphatic heterocycles. The lowest BCUT2D eigenvalue weighted by atomic mass is 10.0. The highest BCUT2D eigenvalue weighted by Gasteiger charge is 2.38. The van der Waals surface area contributed by atoms with Gasteiger partial charge >= 0.3 is 0 Å². The second-order valence-electron chi connectivity index (χ2n) is 5.65. The zero-order chi connectivity index (χ0) is 14.2. The average Bonchev–Trinajstić information content (AvgIpc) is 3.22. The van der Waals surface area contributed by atoms with Gasteiger partial charge in [0.15, 0.2) is 0 Å². The van der Waals surface area contributed by atoms with Crippen LogP contribution in [0.1, 0.15) is 9.67 Å². The van der Waals surface area contributed by atoms with Gasteiger partial charge < -0.3 is 10.2 Å². The Labute approximate surface area is 151 Å². The average molecular weight is 373 g/mol. The van der Waals surface area contributed by atoms with Crippen molar-refractivity contribution >= 4 is 42.1 Å². The van der Waals surface area contributed by atoms with Gasteiger partial charge in [-0.15, -0.1) is 36.2 Å². The van der Waals surface area contributed by atoms with Gasteiger partial charge in [-0.05, 0) is 24.0 Å². The first-order chi connectivity index (χ1) is 10.3. The van der Waals surface area contributed by atoms with E-state index in [0.29, 0.717) is 11.8 Å². The Morgan fingerprint density at radius 1 is 1.17 bits per heavy atom. The van der Waals surface area contributed by atoms with Crippen molar-refractivity contribution in [3.05, 3.63) is 35.6 Å². The second-order valence-corrected chi connectivity index (χ2v) is 6.68. The van der Waals surface area contributed by atoms with Gasteiger partial charge in [0.1, 0.15) is 9.88 Å². The van der Waals surface area contributed by atoms with Crippen LogP contribution in [0.2, 0.25) is 0 Å². The van der Waals surface area contributed by atoms with E-state index in [2.05, 4.69) is 15.3 Å². The largest absolute Gasteiger partial charge is 0.337 e. The quantitative estimate of drug-likeness (QED) is 0.878. The Balaban J connectivity index is 0.000000960. The van der Waals surface area contributed by atoms with Crippen molar-refractivity contribution in [3.63, 3.8) is 0 Å². The van der Waals surface area contributed by atoms with E-state index in [1.54, 1.807) is 18.6 Å². The number of pyridine rings is 1. The van der Waals surface area contributed by atoms with E-state index in [1.165, 1.54) is 11.3 Å². The van der Waals surface area contributed by atoms with Crippen LogP contribution < -0.4 is 5.32 Å². The molecular weight excluding hydrogens is 355 g/mol. The van der Waals surface area contributed by atoms with Crippen molar-refractivity contribution in [3.8, 4) is 10.6 Å². The molecule has 0 saturated carbocycles. The van der Waals surface area contributed by atoms with Gasteiger partial charge in [-0.25, -0.2) is 4.98 Å². The predicted octanol–water partition coefficient (Wildman–Crippen LogP) is 2.34. The number of nitrogens with one attached hydrogen (secondary N) is 1. The zero-order valence-electron chi connectivity index (χ0n) is 12.3. The number of carbonyl (C=O) groups is 1. The van der Waals surface area contributed by atoms with E-state index in [9.17, 15) is 4.79 Å². The molecule has 0 spiro atoms. The highest BCUT2D eigenvalue weighted by molar-refractivity contribution is 7.16. The van der Waals surface area contributed by atoms with Crippen molar-refractivity contribution in [2.45, 2.75) is 0 Å². The van der Waals surface area contributed by atoms with E-state index in [1.807, 2.05) is 17.0 Å². The number of likely N-dealkylation sites (tertiary alicyclic amines) is 1. The summed E-state index contributed by atoms with van der Waals surface area (Å²) in [5.41, 5.74) is 1.01. The molecule has 1 amide bonds. The summed E-state index contributed by atoms with van der Waals surface area (Å²) in [5, 5.41) is 4.27. The molecule has 5 nitrogen and oxygen atoms in total. The number of aromatic nitrogens is 2. The number of hydrogen-bond acceptors (Lipinski definition) is 5. The number of fused-ring (bicyclic) bond motifs is 1. The van der Waals surface area contributed by atoms with E-state index in [-0.39, 0.29) is 30.7 Å². The lowest BCUT2D eigenvalue weighted by Crippen LogP contribution is -2.31. The van der Waals surface area contributed by atoms with Gasteiger partial charge in [0.25, 0.3) is 5.91 Å². The maximum Gasteiger partial charge on any atom is 0.265 e. The van der Waals surface area contributed by atoms with Crippen molar-refractivity contribution in [1.29, 1.82) is 0 Å². The molecule has 0 radical (unpaired) electrons. The molecule has 0 unspecified atom stereocenters. The number of thiazole rings is 1. The summed E-state index contributed by atoms with van der Waals surface area (Å²) < 4.78 is 0. The SMILES string of the molecule is Cl.Cl.O=C(c1cnc(-c2ccncc2)s1)N1C[C@H]2CNC[C@H]2C1. The van der Waals surface area contributed by atoms with Crippen molar-refractivity contribution in [2.24, 2.45) is 11.8 Å². The molecule has 2 atom stereocenters. The number of rotatable bonds is 2.